The number of rotatable bonds is 7. The van der Waals surface area contributed by atoms with Gasteiger partial charge in [-0.25, -0.2) is 0 Å². The van der Waals surface area contributed by atoms with Gasteiger partial charge in [-0.2, -0.15) is 0 Å². The standard InChI is InChI=1S/C24H26N4O2S/c1-16-15-31-24(30)28(16)14-23(29)26-12-20(17-8-10-18(11-9-17)27(2)3)21-13-25-22-7-5-4-6-19(21)22/h4-11,13,15,20,25H,12,14H2,1-3H3,(H,26,29). The first-order valence-corrected chi connectivity index (χ1v) is 11.1. The molecule has 1 atom stereocenters. The number of aromatic amines is 1. The van der Waals surface area contributed by atoms with Crippen LogP contribution >= 0.6 is 11.3 Å². The highest BCUT2D eigenvalue weighted by atomic mass is 32.1. The van der Waals surface area contributed by atoms with E-state index in [0.29, 0.717) is 6.54 Å². The lowest BCUT2D eigenvalue weighted by Crippen LogP contribution is -2.34. The van der Waals surface area contributed by atoms with Crippen LogP contribution < -0.4 is 15.1 Å². The molecule has 2 heterocycles. The number of carbonyl (C=O) groups is 1. The summed E-state index contributed by atoms with van der Waals surface area (Å²) < 4.78 is 1.51. The quantitative estimate of drug-likeness (QED) is 0.466. The molecule has 0 bridgehead atoms. The van der Waals surface area contributed by atoms with Crippen molar-refractivity contribution >= 4 is 33.8 Å². The van der Waals surface area contributed by atoms with Gasteiger partial charge in [0, 0.05) is 60.4 Å². The summed E-state index contributed by atoms with van der Waals surface area (Å²) in [5, 5.41) is 5.96. The number of aromatic nitrogens is 2. The van der Waals surface area contributed by atoms with Crippen LogP contribution in [0, 0.1) is 6.92 Å². The molecule has 1 amide bonds. The molecule has 2 aromatic carbocycles. The summed E-state index contributed by atoms with van der Waals surface area (Å²) in [5.74, 6) is -0.185. The van der Waals surface area contributed by atoms with Crippen LogP contribution in [0.1, 0.15) is 22.7 Å². The smallest absolute Gasteiger partial charge is 0.307 e. The molecule has 4 aromatic rings. The molecule has 0 fully saturated rings. The van der Waals surface area contributed by atoms with Gasteiger partial charge in [-0.05, 0) is 36.2 Å². The van der Waals surface area contributed by atoms with Crippen LogP contribution in [0.25, 0.3) is 10.9 Å². The third kappa shape index (κ3) is 4.41. The zero-order valence-corrected chi connectivity index (χ0v) is 18.7. The van der Waals surface area contributed by atoms with E-state index in [9.17, 15) is 9.59 Å². The van der Waals surface area contributed by atoms with Gasteiger partial charge >= 0.3 is 4.87 Å². The first-order valence-electron chi connectivity index (χ1n) is 10.2. The van der Waals surface area contributed by atoms with Crippen LogP contribution in [0.2, 0.25) is 0 Å². The minimum atomic E-state index is -0.168. The van der Waals surface area contributed by atoms with Crippen LogP contribution in [0.4, 0.5) is 5.69 Å². The molecule has 2 aromatic heterocycles. The van der Waals surface area contributed by atoms with Crippen molar-refractivity contribution in [2.24, 2.45) is 0 Å². The van der Waals surface area contributed by atoms with Gasteiger partial charge in [-0.3, -0.25) is 14.2 Å². The number of carbonyl (C=O) groups excluding carboxylic acids is 1. The van der Waals surface area contributed by atoms with E-state index in [-0.39, 0.29) is 23.2 Å². The molecule has 0 saturated carbocycles. The Morgan fingerprint density at radius 2 is 1.90 bits per heavy atom. The number of hydrogen-bond donors (Lipinski definition) is 2. The molecule has 0 saturated heterocycles. The Hall–Kier alpha value is -3.32. The molecule has 6 nitrogen and oxygen atoms in total. The van der Waals surface area contributed by atoms with Crippen molar-refractivity contribution in [1.29, 1.82) is 0 Å². The molecule has 0 radical (unpaired) electrons. The number of thiazole rings is 1. The number of aryl methyl sites for hydroxylation is 1. The summed E-state index contributed by atoms with van der Waals surface area (Å²) >= 11 is 1.12. The van der Waals surface area contributed by atoms with Crippen molar-refractivity contribution in [3.8, 4) is 0 Å². The van der Waals surface area contributed by atoms with E-state index < -0.39 is 0 Å². The van der Waals surface area contributed by atoms with Crippen molar-refractivity contribution in [3.05, 3.63) is 86.6 Å². The second kappa shape index (κ2) is 8.81. The lowest BCUT2D eigenvalue weighted by Gasteiger charge is -2.20. The van der Waals surface area contributed by atoms with E-state index in [2.05, 4.69) is 51.6 Å². The van der Waals surface area contributed by atoms with Gasteiger partial charge in [0.1, 0.15) is 6.54 Å². The normalized spacial score (nSPS) is 12.1. The zero-order valence-electron chi connectivity index (χ0n) is 17.9. The topological polar surface area (TPSA) is 70.1 Å². The summed E-state index contributed by atoms with van der Waals surface area (Å²) in [6, 6.07) is 16.6. The Bertz CT molecular complexity index is 1250. The molecule has 7 heteroatoms. The second-order valence-electron chi connectivity index (χ2n) is 7.86. The molecule has 0 spiro atoms. The van der Waals surface area contributed by atoms with Crippen molar-refractivity contribution in [3.63, 3.8) is 0 Å². The monoisotopic (exact) mass is 434 g/mol. The molecule has 1 unspecified atom stereocenters. The number of nitrogens with zero attached hydrogens (tertiary/aromatic N) is 2. The van der Waals surface area contributed by atoms with Gasteiger partial charge in [0.2, 0.25) is 5.91 Å². The summed E-state index contributed by atoms with van der Waals surface area (Å²) in [5.41, 5.74) is 5.26. The number of amides is 1. The van der Waals surface area contributed by atoms with Gasteiger partial charge in [0.15, 0.2) is 0 Å². The molecular formula is C24H26N4O2S. The summed E-state index contributed by atoms with van der Waals surface area (Å²) in [6.07, 6.45) is 2.02. The number of nitrogens with one attached hydrogen (secondary N) is 2. The van der Waals surface area contributed by atoms with E-state index in [1.165, 1.54) is 4.57 Å². The van der Waals surface area contributed by atoms with Crippen LogP contribution in [-0.2, 0) is 11.3 Å². The predicted octanol–water partition coefficient (Wildman–Crippen LogP) is 3.71. The fourth-order valence-corrected chi connectivity index (χ4v) is 4.54. The molecule has 0 aliphatic rings. The molecule has 2 N–H and O–H groups in total. The highest BCUT2D eigenvalue weighted by molar-refractivity contribution is 7.07. The zero-order chi connectivity index (χ0) is 22.0. The van der Waals surface area contributed by atoms with Crippen LogP contribution in [0.3, 0.4) is 0 Å². The number of H-pyrrole nitrogens is 1. The molecule has 0 aliphatic carbocycles. The van der Waals surface area contributed by atoms with Crippen molar-refractivity contribution in [2.45, 2.75) is 19.4 Å². The Balaban J connectivity index is 1.61. The SMILES string of the molecule is Cc1csc(=O)n1CC(=O)NCC(c1ccc(N(C)C)cc1)c1c[nH]c2ccccc12. The minimum absolute atomic E-state index is 0.0170. The Labute approximate surface area is 185 Å². The van der Waals surface area contributed by atoms with Crippen molar-refractivity contribution in [2.75, 3.05) is 25.5 Å². The average Bonchev–Trinajstić information content (AvgIpc) is 3.33. The average molecular weight is 435 g/mol. The number of benzene rings is 2. The molecular weight excluding hydrogens is 408 g/mol. The Morgan fingerprint density at radius 1 is 1.16 bits per heavy atom. The molecule has 4 rings (SSSR count). The lowest BCUT2D eigenvalue weighted by atomic mass is 9.90. The number of fused-ring (bicyclic) bond motifs is 1. The molecule has 0 aliphatic heterocycles. The highest BCUT2D eigenvalue weighted by Crippen LogP contribution is 2.31. The number of anilines is 1. The maximum absolute atomic E-state index is 12.6. The maximum atomic E-state index is 12.6. The summed E-state index contributed by atoms with van der Waals surface area (Å²) in [7, 11) is 4.03. The first kappa shape index (κ1) is 20.9. The third-order valence-electron chi connectivity index (χ3n) is 5.59. The van der Waals surface area contributed by atoms with E-state index >= 15 is 0 Å². The van der Waals surface area contributed by atoms with Crippen LogP contribution in [0.5, 0.6) is 0 Å². The molecule has 160 valence electrons. The van der Waals surface area contributed by atoms with Crippen LogP contribution in [-0.4, -0.2) is 36.1 Å². The Morgan fingerprint density at radius 3 is 2.58 bits per heavy atom. The highest BCUT2D eigenvalue weighted by Gasteiger charge is 2.20. The van der Waals surface area contributed by atoms with Crippen molar-refractivity contribution < 1.29 is 4.79 Å². The maximum Gasteiger partial charge on any atom is 0.307 e. The van der Waals surface area contributed by atoms with Gasteiger partial charge in [0.25, 0.3) is 0 Å². The van der Waals surface area contributed by atoms with E-state index in [1.54, 1.807) is 5.38 Å². The number of para-hydroxylation sites is 1. The second-order valence-corrected chi connectivity index (χ2v) is 8.68. The van der Waals surface area contributed by atoms with Gasteiger partial charge in [-0.1, -0.05) is 41.7 Å². The van der Waals surface area contributed by atoms with Gasteiger partial charge < -0.3 is 15.2 Å². The van der Waals surface area contributed by atoms with Gasteiger partial charge in [0.05, 0.1) is 0 Å². The predicted molar refractivity (Wildman–Crippen MR) is 127 cm³/mol. The third-order valence-corrected chi connectivity index (χ3v) is 6.47. The van der Waals surface area contributed by atoms with Gasteiger partial charge in [-0.15, -0.1) is 0 Å². The largest absolute Gasteiger partial charge is 0.378 e. The minimum Gasteiger partial charge on any atom is -0.378 e. The fraction of sp³-hybridized carbons (Fsp3) is 0.250. The van der Waals surface area contributed by atoms with E-state index in [1.807, 2.05) is 39.3 Å². The van der Waals surface area contributed by atoms with Crippen LogP contribution in [0.15, 0.2) is 64.9 Å². The van der Waals surface area contributed by atoms with E-state index in [4.69, 9.17) is 0 Å². The number of hydrogen-bond acceptors (Lipinski definition) is 4. The molecule has 31 heavy (non-hydrogen) atoms. The summed E-state index contributed by atoms with van der Waals surface area (Å²) in [6.45, 7) is 2.32. The summed E-state index contributed by atoms with van der Waals surface area (Å²) in [4.78, 5) is 29.9. The Kier molecular flexibility index (Phi) is 5.95. The van der Waals surface area contributed by atoms with E-state index in [0.717, 1.165) is 44.7 Å². The lowest BCUT2D eigenvalue weighted by molar-refractivity contribution is -0.121. The first-order chi connectivity index (χ1) is 14.9. The van der Waals surface area contributed by atoms with Crippen molar-refractivity contribution in [1.82, 2.24) is 14.9 Å². The fourth-order valence-electron chi connectivity index (χ4n) is 3.81.